The van der Waals surface area contributed by atoms with E-state index >= 15 is 0 Å². The zero-order chi connectivity index (χ0) is 11.5. The fraction of sp³-hybridized carbons (Fsp3) is 0.333. The van der Waals surface area contributed by atoms with E-state index in [1.54, 1.807) is 0 Å². The van der Waals surface area contributed by atoms with Crippen LogP contribution in [0.4, 0.5) is 0 Å². The van der Waals surface area contributed by atoms with E-state index in [1.807, 2.05) is 23.7 Å². The lowest BCUT2D eigenvalue weighted by molar-refractivity contribution is 0.789. The molecule has 0 N–H and O–H groups in total. The number of alkyl halides is 1. The average Bonchev–Trinajstić information content (AvgIpc) is 2.63. The minimum atomic E-state index is 0.400. The summed E-state index contributed by atoms with van der Waals surface area (Å²) in [6.45, 7) is 2.11. The number of aromatic nitrogens is 3. The lowest BCUT2D eigenvalue weighted by Crippen LogP contribution is -2.02. The van der Waals surface area contributed by atoms with Crippen LogP contribution in [-0.2, 0) is 19.3 Å². The van der Waals surface area contributed by atoms with E-state index in [1.165, 1.54) is 11.1 Å². The van der Waals surface area contributed by atoms with Crippen LogP contribution in [0.5, 0.6) is 0 Å². The highest BCUT2D eigenvalue weighted by molar-refractivity contribution is 6.16. The fourth-order valence-electron chi connectivity index (χ4n) is 1.65. The van der Waals surface area contributed by atoms with Gasteiger partial charge in [-0.25, -0.2) is 0 Å². The second-order valence-electron chi connectivity index (χ2n) is 3.83. The Hall–Kier alpha value is -1.35. The Morgan fingerprint density at radius 3 is 2.50 bits per heavy atom. The van der Waals surface area contributed by atoms with Crippen molar-refractivity contribution in [2.24, 2.45) is 7.05 Å². The average molecular weight is 236 g/mol. The highest BCUT2D eigenvalue weighted by Gasteiger charge is 2.08. The molecule has 0 aliphatic carbocycles. The predicted molar refractivity (Wildman–Crippen MR) is 64.5 cm³/mol. The quantitative estimate of drug-likeness (QED) is 0.766. The first-order valence-electron chi connectivity index (χ1n) is 5.20. The van der Waals surface area contributed by atoms with Gasteiger partial charge in [0, 0.05) is 13.5 Å². The van der Waals surface area contributed by atoms with Gasteiger partial charge in [0.05, 0.1) is 5.88 Å². The maximum atomic E-state index is 5.76. The minimum Gasteiger partial charge on any atom is -0.317 e. The van der Waals surface area contributed by atoms with Gasteiger partial charge in [0.2, 0.25) is 0 Å². The Morgan fingerprint density at radius 2 is 1.88 bits per heavy atom. The monoisotopic (exact) mass is 235 g/mol. The molecule has 0 radical (unpaired) electrons. The first kappa shape index (κ1) is 11.1. The number of aryl methyl sites for hydroxylation is 1. The second kappa shape index (κ2) is 4.66. The molecule has 0 aliphatic heterocycles. The Balaban J connectivity index is 2.27. The van der Waals surface area contributed by atoms with E-state index in [2.05, 4.69) is 29.3 Å². The summed E-state index contributed by atoms with van der Waals surface area (Å²) in [6, 6.07) is 8.30. The van der Waals surface area contributed by atoms with E-state index in [0.717, 1.165) is 18.1 Å². The Morgan fingerprint density at radius 1 is 1.19 bits per heavy atom. The van der Waals surface area contributed by atoms with Crippen molar-refractivity contribution in [1.82, 2.24) is 14.8 Å². The van der Waals surface area contributed by atoms with E-state index < -0.39 is 0 Å². The van der Waals surface area contributed by atoms with Crippen molar-refractivity contribution >= 4 is 11.6 Å². The van der Waals surface area contributed by atoms with E-state index in [9.17, 15) is 0 Å². The standard InChI is InChI=1S/C12H14ClN3/c1-9-5-3-4-6-10(9)7-11-14-15-12(8-13)16(11)2/h3-6H,7-8H2,1-2H3. The third kappa shape index (κ3) is 2.09. The molecule has 0 atom stereocenters. The van der Waals surface area contributed by atoms with Gasteiger partial charge in [0.1, 0.15) is 11.6 Å². The van der Waals surface area contributed by atoms with Crippen LogP contribution < -0.4 is 0 Å². The number of halogens is 1. The summed E-state index contributed by atoms with van der Waals surface area (Å²) >= 11 is 5.76. The van der Waals surface area contributed by atoms with E-state index in [4.69, 9.17) is 11.6 Å². The fourth-order valence-corrected chi connectivity index (χ4v) is 1.88. The zero-order valence-electron chi connectivity index (χ0n) is 9.44. The number of hydrogen-bond acceptors (Lipinski definition) is 2. The third-order valence-corrected chi connectivity index (χ3v) is 3.02. The van der Waals surface area contributed by atoms with Crippen molar-refractivity contribution in [3.05, 3.63) is 47.0 Å². The van der Waals surface area contributed by atoms with Crippen LogP contribution in [-0.4, -0.2) is 14.8 Å². The molecule has 0 amide bonds. The van der Waals surface area contributed by atoms with Crippen LogP contribution in [0.25, 0.3) is 0 Å². The molecule has 0 aliphatic rings. The molecule has 0 spiro atoms. The summed E-state index contributed by atoms with van der Waals surface area (Å²) in [7, 11) is 1.95. The number of benzene rings is 1. The zero-order valence-corrected chi connectivity index (χ0v) is 10.2. The molecule has 0 fully saturated rings. The molecular formula is C12H14ClN3. The summed E-state index contributed by atoms with van der Waals surface area (Å²) < 4.78 is 1.96. The lowest BCUT2D eigenvalue weighted by atomic mass is 10.1. The second-order valence-corrected chi connectivity index (χ2v) is 4.10. The molecule has 16 heavy (non-hydrogen) atoms. The van der Waals surface area contributed by atoms with E-state index in [0.29, 0.717) is 5.88 Å². The van der Waals surface area contributed by atoms with Crippen molar-refractivity contribution < 1.29 is 0 Å². The number of hydrogen-bond donors (Lipinski definition) is 0. The highest BCUT2D eigenvalue weighted by atomic mass is 35.5. The molecule has 0 unspecified atom stereocenters. The number of nitrogens with zero attached hydrogens (tertiary/aromatic N) is 3. The van der Waals surface area contributed by atoms with Crippen LogP contribution in [0, 0.1) is 6.92 Å². The Bertz CT molecular complexity index is 491. The van der Waals surface area contributed by atoms with Gasteiger partial charge in [0.15, 0.2) is 0 Å². The van der Waals surface area contributed by atoms with Crippen molar-refractivity contribution in [3.8, 4) is 0 Å². The van der Waals surface area contributed by atoms with Gasteiger partial charge >= 0.3 is 0 Å². The van der Waals surface area contributed by atoms with Crippen LogP contribution in [0.3, 0.4) is 0 Å². The smallest absolute Gasteiger partial charge is 0.147 e. The molecule has 3 nitrogen and oxygen atoms in total. The van der Waals surface area contributed by atoms with Crippen LogP contribution in [0.15, 0.2) is 24.3 Å². The molecule has 84 valence electrons. The Kier molecular flexibility index (Phi) is 3.25. The van der Waals surface area contributed by atoms with Gasteiger partial charge < -0.3 is 4.57 Å². The van der Waals surface area contributed by atoms with Gasteiger partial charge in [0.25, 0.3) is 0 Å². The molecule has 1 aromatic carbocycles. The van der Waals surface area contributed by atoms with Crippen molar-refractivity contribution in [3.63, 3.8) is 0 Å². The highest BCUT2D eigenvalue weighted by Crippen LogP contribution is 2.12. The molecule has 4 heteroatoms. The van der Waals surface area contributed by atoms with Gasteiger partial charge in [-0.1, -0.05) is 24.3 Å². The lowest BCUT2D eigenvalue weighted by Gasteiger charge is -2.05. The number of rotatable bonds is 3. The van der Waals surface area contributed by atoms with Gasteiger partial charge in [-0.15, -0.1) is 21.8 Å². The van der Waals surface area contributed by atoms with Crippen molar-refractivity contribution in [2.75, 3.05) is 0 Å². The maximum absolute atomic E-state index is 5.76. The van der Waals surface area contributed by atoms with E-state index in [-0.39, 0.29) is 0 Å². The molecular weight excluding hydrogens is 222 g/mol. The molecule has 0 bridgehead atoms. The largest absolute Gasteiger partial charge is 0.317 e. The summed E-state index contributed by atoms with van der Waals surface area (Å²) in [6.07, 6.45) is 0.799. The predicted octanol–water partition coefficient (Wildman–Crippen LogP) is 2.45. The van der Waals surface area contributed by atoms with Crippen LogP contribution in [0.1, 0.15) is 22.8 Å². The van der Waals surface area contributed by atoms with Crippen molar-refractivity contribution in [2.45, 2.75) is 19.2 Å². The first-order chi connectivity index (χ1) is 7.72. The van der Waals surface area contributed by atoms with Crippen LogP contribution in [0.2, 0.25) is 0 Å². The third-order valence-electron chi connectivity index (χ3n) is 2.78. The SMILES string of the molecule is Cc1ccccc1Cc1nnc(CCl)n1C. The van der Waals surface area contributed by atoms with Gasteiger partial charge in [-0.05, 0) is 18.1 Å². The summed E-state index contributed by atoms with van der Waals surface area (Å²) in [5, 5.41) is 8.19. The Labute approximate surface area is 100 Å². The van der Waals surface area contributed by atoms with Crippen LogP contribution >= 0.6 is 11.6 Å². The normalized spacial score (nSPS) is 10.7. The van der Waals surface area contributed by atoms with Gasteiger partial charge in [-0.2, -0.15) is 0 Å². The first-order valence-corrected chi connectivity index (χ1v) is 5.73. The molecule has 2 aromatic rings. The topological polar surface area (TPSA) is 30.7 Å². The molecule has 1 heterocycles. The molecule has 2 rings (SSSR count). The van der Waals surface area contributed by atoms with Crippen molar-refractivity contribution in [1.29, 1.82) is 0 Å². The molecule has 1 aromatic heterocycles. The summed E-state index contributed by atoms with van der Waals surface area (Å²) in [5.74, 6) is 2.16. The van der Waals surface area contributed by atoms with Gasteiger partial charge in [-0.3, -0.25) is 0 Å². The summed E-state index contributed by atoms with van der Waals surface area (Å²) in [5.41, 5.74) is 2.55. The molecule has 0 saturated carbocycles. The summed E-state index contributed by atoms with van der Waals surface area (Å²) in [4.78, 5) is 0. The maximum Gasteiger partial charge on any atom is 0.147 e. The minimum absolute atomic E-state index is 0.400. The molecule has 0 saturated heterocycles.